The summed E-state index contributed by atoms with van der Waals surface area (Å²) in [5.41, 5.74) is 2.23. The van der Waals surface area contributed by atoms with E-state index in [1.54, 1.807) is 18.2 Å². The van der Waals surface area contributed by atoms with Crippen LogP contribution in [0.25, 0.3) is 11.0 Å². The molecule has 0 bridgehead atoms. The molecule has 0 aliphatic carbocycles. The lowest BCUT2D eigenvalue weighted by Gasteiger charge is -2.22. The van der Waals surface area contributed by atoms with Crippen LogP contribution in [-0.4, -0.2) is 6.66 Å². The Kier molecular flexibility index (Phi) is 6.95. The molecular weight excluding hydrogens is 445 g/mol. The Morgan fingerprint density at radius 2 is 1.18 bits per heavy atom. The number of nitriles is 1. The molecule has 0 saturated carbocycles. The molecule has 1 heterocycles. The van der Waals surface area contributed by atoms with Gasteiger partial charge in [-0.15, -0.1) is 0 Å². The van der Waals surface area contributed by atoms with E-state index in [0.29, 0.717) is 10.8 Å². The monoisotopic (exact) mass is 468 g/mol. The third kappa shape index (κ3) is 4.71. The predicted molar refractivity (Wildman–Crippen MR) is 142 cm³/mol. The third-order valence-corrected chi connectivity index (χ3v) is 10.2. The standard InChI is InChI=1S/C19H18P.C10H6ClNO/c1-20(17-11-5-2-6-12-17,18-13-7-3-8-14-18)19-15-9-4-10-16-19;1-6-8-4-7(5-12)2-3-9(8)13-10(6)11/h2-16H,1H3;2-4H,1H3/q+1;. The Hall–Kier alpha value is -3.37. The highest BCUT2D eigenvalue weighted by atomic mass is 35.5. The summed E-state index contributed by atoms with van der Waals surface area (Å²) >= 11 is 5.80. The van der Waals surface area contributed by atoms with Crippen LogP contribution in [0.1, 0.15) is 11.1 Å². The van der Waals surface area contributed by atoms with Crippen molar-refractivity contribution in [3.05, 3.63) is 126 Å². The van der Waals surface area contributed by atoms with Gasteiger partial charge >= 0.3 is 0 Å². The molecule has 1 aromatic heterocycles. The topological polar surface area (TPSA) is 36.9 Å². The molecule has 0 aliphatic heterocycles. The van der Waals surface area contributed by atoms with Crippen LogP contribution < -0.4 is 15.9 Å². The van der Waals surface area contributed by atoms with Gasteiger partial charge in [0.1, 0.15) is 28.8 Å². The smallest absolute Gasteiger partial charge is 0.197 e. The van der Waals surface area contributed by atoms with Crippen molar-refractivity contribution in [1.82, 2.24) is 0 Å². The Bertz CT molecular complexity index is 1290. The number of halogens is 1. The molecule has 0 aliphatic rings. The first-order valence-electron chi connectivity index (χ1n) is 10.7. The summed E-state index contributed by atoms with van der Waals surface area (Å²) in [5.74, 6) is 0. The minimum atomic E-state index is -1.53. The van der Waals surface area contributed by atoms with E-state index in [2.05, 4.69) is 104 Å². The average Bonchev–Trinajstić information content (AvgIpc) is 3.18. The van der Waals surface area contributed by atoms with Gasteiger partial charge in [-0.2, -0.15) is 5.26 Å². The molecule has 2 nitrogen and oxygen atoms in total. The highest BCUT2D eigenvalue weighted by Crippen LogP contribution is 2.51. The summed E-state index contributed by atoms with van der Waals surface area (Å²) in [6.45, 7) is 4.28. The van der Waals surface area contributed by atoms with Crippen LogP contribution in [0.5, 0.6) is 0 Å². The summed E-state index contributed by atoms with van der Waals surface area (Å²) in [7, 11) is -1.53. The zero-order valence-electron chi connectivity index (χ0n) is 18.6. The van der Waals surface area contributed by atoms with Crippen molar-refractivity contribution in [1.29, 1.82) is 5.26 Å². The van der Waals surface area contributed by atoms with Gasteiger partial charge in [-0.1, -0.05) is 54.6 Å². The molecule has 5 aromatic rings. The largest absolute Gasteiger partial charge is 0.444 e. The number of rotatable bonds is 3. The maximum atomic E-state index is 8.68. The third-order valence-electron chi connectivity index (χ3n) is 5.82. The van der Waals surface area contributed by atoms with E-state index in [9.17, 15) is 0 Å². The fourth-order valence-electron chi connectivity index (χ4n) is 3.89. The molecule has 5 rings (SSSR count). The molecule has 4 aromatic carbocycles. The van der Waals surface area contributed by atoms with E-state index in [-0.39, 0.29) is 0 Å². The molecule has 0 unspecified atom stereocenters. The predicted octanol–water partition coefficient (Wildman–Crippen LogP) is 6.88. The highest BCUT2D eigenvalue weighted by Gasteiger charge is 2.39. The van der Waals surface area contributed by atoms with Gasteiger partial charge in [-0.3, -0.25) is 0 Å². The van der Waals surface area contributed by atoms with E-state index in [0.717, 1.165) is 16.5 Å². The fraction of sp³-hybridized carbons (Fsp3) is 0.0690. The zero-order valence-corrected chi connectivity index (χ0v) is 20.2. The highest BCUT2D eigenvalue weighted by molar-refractivity contribution is 7.95. The van der Waals surface area contributed by atoms with E-state index in [1.807, 2.05) is 6.92 Å². The van der Waals surface area contributed by atoms with Crippen LogP contribution in [0.4, 0.5) is 0 Å². The lowest BCUT2D eigenvalue weighted by molar-refractivity contribution is 0.615. The van der Waals surface area contributed by atoms with E-state index in [4.69, 9.17) is 21.3 Å². The van der Waals surface area contributed by atoms with Crippen LogP contribution in [0, 0.1) is 18.3 Å². The average molecular weight is 469 g/mol. The molecule has 0 N–H and O–H groups in total. The number of fused-ring (bicyclic) bond motifs is 1. The minimum absolute atomic E-state index is 0.394. The van der Waals surface area contributed by atoms with Crippen molar-refractivity contribution < 1.29 is 4.42 Å². The maximum absolute atomic E-state index is 8.68. The molecule has 0 atom stereocenters. The molecular formula is C29H24ClNOP+. The van der Waals surface area contributed by atoms with Crippen LogP contribution in [-0.2, 0) is 0 Å². The summed E-state index contributed by atoms with van der Waals surface area (Å²) in [5, 5.41) is 14.3. The Morgan fingerprint density at radius 3 is 1.61 bits per heavy atom. The summed E-state index contributed by atoms with van der Waals surface area (Å²) in [6, 6.07) is 40.0. The summed E-state index contributed by atoms with van der Waals surface area (Å²) in [4.78, 5) is 0. The van der Waals surface area contributed by atoms with Gasteiger partial charge in [0, 0.05) is 10.9 Å². The number of hydrogen-bond donors (Lipinski definition) is 0. The van der Waals surface area contributed by atoms with E-state index < -0.39 is 7.26 Å². The zero-order chi connectivity index (χ0) is 23.3. The Morgan fingerprint density at radius 1 is 0.727 bits per heavy atom. The quantitative estimate of drug-likeness (QED) is 0.271. The summed E-state index contributed by atoms with van der Waals surface area (Å²) < 4.78 is 5.25. The number of aryl methyl sites for hydroxylation is 1. The first kappa shape index (κ1) is 22.8. The van der Waals surface area contributed by atoms with Gasteiger partial charge in [-0.25, -0.2) is 0 Å². The number of benzene rings is 4. The lowest BCUT2D eigenvalue weighted by Crippen LogP contribution is -2.30. The van der Waals surface area contributed by atoms with Crippen molar-refractivity contribution >= 4 is 45.7 Å². The van der Waals surface area contributed by atoms with Crippen molar-refractivity contribution in [2.24, 2.45) is 0 Å². The number of hydrogen-bond acceptors (Lipinski definition) is 2. The van der Waals surface area contributed by atoms with Gasteiger partial charge in [0.2, 0.25) is 0 Å². The van der Waals surface area contributed by atoms with Crippen molar-refractivity contribution in [3.63, 3.8) is 0 Å². The second-order valence-corrected chi connectivity index (χ2v) is 11.7. The van der Waals surface area contributed by atoms with E-state index in [1.165, 1.54) is 15.9 Å². The fourth-order valence-corrected chi connectivity index (χ4v) is 7.27. The molecule has 0 amide bonds. The lowest BCUT2D eigenvalue weighted by atomic mass is 10.1. The van der Waals surface area contributed by atoms with Gasteiger partial charge in [0.25, 0.3) is 0 Å². The second kappa shape index (κ2) is 10.1. The van der Waals surface area contributed by atoms with Crippen LogP contribution in [0.15, 0.2) is 114 Å². The maximum Gasteiger partial charge on any atom is 0.197 e. The first-order valence-corrected chi connectivity index (χ1v) is 13.3. The molecule has 4 heteroatoms. The van der Waals surface area contributed by atoms with Gasteiger partial charge in [0.05, 0.1) is 18.3 Å². The number of furan rings is 1. The van der Waals surface area contributed by atoms with Crippen molar-refractivity contribution in [2.75, 3.05) is 6.66 Å². The van der Waals surface area contributed by atoms with E-state index >= 15 is 0 Å². The molecule has 0 saturated heterocycles. The summed E-state index contributed by atoms with van der Waals surface area (Å²) in [6.07, 6.45) is 0. The van der Waals surface area contributed by atoms with Crippen LogP contribution >= 0.6 is 18.9 Å². The minimum Gasteiger partial charge on any atom is -0.444 e. The van der Waals surface area contributed by atoms with Gasteiger partial charge in [0.15, 0.2) is 5.22 Å². The second-order valence-electron chi connectivity index (χ2n) is 7.84. The molecule has 0 fully saturated rings. The van der Waals surface area contributed by atoms with Crippen LogP contribution in [0.2, 0.25) is 5.22 Å². The Balaban J connectivity index is 0.000000172. The normalized spacial score (nSPS) is 10.8. The van der Waals surface area contributed by atoms with Crippen LogP contribution in [0.3, 0.4) is 0 Å². The number of nitrogens with zero attached hydrogens (tertiary/aromatic N) is 1. The molecule has 0 spiro atoms. The molecule has 33 heavy (non-hydrogen) atoms. The molecule has 0 radical (unpaired) electrons. The van der Waals surface area contributed by atoms with Crippen molar-refractivity contribution in [2.45, 2.75) is 6.92 Å². The van der Waals surface area contributed by atoms with Crippen molar-refractivity contribution in [3.8, 4) is 6.07 Å². The van der Waals surface area contributed by atoms with Gasteiger partial charge < -0.3 is 4.42 Å². The molecule has 162 valence electrons. The first-order chi connectivity index (χ1) is 16.0. The Labute approximate surface area is 200 Å². The SMILES string of the molecule is C[P+](c1ccccc1)(c1ccccc1)c1ccccc1.Cc1c(Cl)oc2ccc(C#N)cc12. The van der Waals surface area contributed by atoms with Gasteiger partial charge in [-0.05, 0) is 73.1 Å².